The summed E-state index contributed by atoms with van der Waals surface area (Å²) >= 11 is 0. The van der Waals surface area contributed by atoms with Crippen molar-refractivity contribution in [3.05, 3.63) is 37.0 Å². The Morgan fingerprint density at radius 3 is 2.64 bits per heavy atom. The van der Waals surface area contributed by atoms with Gasteiger partial charge in [-0.1, -0.05) is 37.0 Å². The Morgan fingerprint density at radius 1 is 1.55 bits per heavy atom. The van der Waals surface area contributed by atoms with Crippen molar-refractivity contribution in [1.82, 2.24) is 0 Å². The molecule has 1 nitrogen and oxygen atoms in total. The van der Waals surface area contributed by atoms with Crippen molar-refractivity contribution in [3.8, 4) is 0 Å². The average Bonchev–Trinajstić information content (AvgIpc) is 1.94. The largest absolute Gasteiger partial charge is 0.300 e. The molecule has 0 aromatic heterocycles. The first kappa shape index (κ1) is 7.99. The maximum absolute atomic E-state index is 10.6. The summed E-state index contributed by atoms with van der Waals surface area (Å²) in [5.74, 6) is 0.752. The highest BCUT2D eigenvalue weighted by molar-refractivity contribution is 5.85. The Bertz CT molecular complexity index is 215. The van der Waals surface area contributed by atoms with Gasteiger partial charge in [0.25, 0.3) is 0 Å². The lowest BCUT2D eigenvalue weighted by Crippen LogP contribution is -2.23. The Balaban J connectivity index is 2.37. The maximum atomic E-state index is 10.6. The van der Waals surface area contributed by atoms with Gasteiger partial charge in [0, 0.05) is 12.8 Å². The van der Waals surface area contributed by atoms with Crippen LogP contribution in [0, 0.1) is 5.92 Å². The van der Waals surface area contributed by atoms with Gasteiger partial charge in [-0.25, -0.2) is 0 Å². The monoisotopic (exact) mass is 148 g/mol. The normalized spacial score (nSPS) is 18.4. The fourth-order valence-corrected chi connectivity index (χ4v) is 1.08. The molecule has 58 valence electrons. The van der Waals surface area contributed by atoms with Gasteiger partial charge in [-0.05, 0) is 5.92 Å². The van der Waals surface area contributed by atoms with E-state index in [0.29, 0.717) is 24.5 Å². The highest BCUT2D eigenvalue weighted by atomic mass is 16.1. The van der Waals surface area contributed by atoms with Crippen LogP contribution in [0.4, 0.5) is 0 Å². The summed E-state index contributed by atoms with van der Waals surface area (Å²) in [7, 11) is 0. The van der Waals surface area contributed by atoms with Crippen molar-refractivity contribution in [2.24, 2.45) is 5.92 Å². The number of carbonyl (C=O) groups is 1. The molecule has 0 amide bonds. The van der Waals surface area contributed by atoms with Gasteiger partial charge in [0.15, 0.2) is 0 Å². The molecule has 0 aromatic rings. The number of hydrogen-bond donors (Lipinski definition) is 0. The third kappa shape index (κ3) is 1.90. The van der Waals surface area contributed by atoms with Crippen LogP contribution in [0.15, 0.2) is 37.0 Å². The molecule has 0 saturated heterocycles. The van der Waals surface area contributed by atoms with E-state index in [1.54, 1.807) is 6.08 Å². The van der Waals surface area contributed by atoms with E-state index in [-0.39, 0.29) is 0 Å². The lowest BCUT2D eigenvalue weighted by Gasteiger charge is -2.24. The molecule has 0 heterocycles. The predicted molar refractivity (Wildman–Crippen MR) is 46.2 cm³/mol. The average molecular weight is 148 g/mol. The van der Waals surface area contributed by atoms with E-state index >= 15 is 0 Å². The van der Waals surface area contributed by atoms with Gasteiger partial charge in [0.05, 0.1) is 0 Å². The van der Waals surface area contributed by atoms with Gasteiger partial charge in [-0.3, -0.25) is 4.79 Å². The number of rotatable bonds is 3. The quantitative estimate of drug-likeness (QED) is 0.561. The molecule has 1 saturated carbocycles. The van der Waals surface area contributed by atoms with Crippen LogP contribution in [0.3, 0.4) is 0 Å². The zero-order chi connectivity index (χ0) is 8.27. The zero-order valence-electron chi connectivity index (χ0n) is 6.55. The van der Waals surface area contributed by atoms with Crippen LogP contribution in [0.1, 0.15) is 12.8 Å². The lowest BCUT2D eigenvalue weighted by atomic mass is 9.79. The highest BCUT2D eigenvalue weighted by Gasteiger charge is 2.27. The molecule has 1 fully saturated rings. The molecule has 0 aliphatic heterocycles. The van der Waals surface area contributed by atoms with Crippen molar-refractivity contribution in [2.45, 2.75) is 12.8 Å². The number of hydrogen-bond acceptors (Lipinski definition) is 1. The first-order valence-electron chi connectivity index (χ1n) is 3.73. The predicted octanol–water partition coefficient (Wildman–Crippen LogP) is 2.26. The summed E-state index contributed by atoms with van der Waals surface area (Å²) in [6, 6.07) is 0. The molecular formula is C10H12O. The van der Waals surface area contributed by atoms with Gasteiger partial charge in [-0.2, -0.15) is 0 Å². The second-order valence-corrected chi connectivity index (χ2v) is 2.81. The van der Waals surface area contributed by atoms with Crippen molar-refractivity contribution < 1.29 is 4.79 Å². The molecule has 1 rings (SSSR count). The van der Waals surface area contributed by atoms with Crippen molar-refractivity contribution in [1.29, 1.82) is 0 Å². The van der Waals surface area contributed by atoms with Crippen molar-refractivity contribution in [3.63, 3.8) is 0 Å². The van der Waals surface area contributed by atoms with Gasteiger partial charge in [0.2, 0.25) is 0 Å². The topological polar surface area (TPSA) is 17.1 Å². The van der Waals surface area contributed by atoms with Crippen LogP contribution in [-0.2, 0) is 4.79 Å². The minimum Gasteiger partial charge on any atom is -0.300 e. The molecular weight excluding hydrogens is 136 g/mol. The molecule has 1 aliphatic carbocycles. The van der Waals surface area contributed by atoms with Crippen molar-refractivity contribution in [2.75, 3.05) is 0 Å². The molecule has 0 spiro atoms. The van der Waals surface area contributed by atoms with E-state index in [1.165, 1.54) is 0 Å². The summed E-state index contributed by atoms with van der Waals surface area (Å²) < 4.78 is 0. The van der Waals surface area contributed by atoms with Gasteiger partial charge in [0.1, 0.15) is 5.78 Å². The van der Waals surface area contributed by atoms with Gasteiger partial charge < -0.3 is 0 Å². The second kappa shape index (κ2) is 3.33. The van der Waals surface area contributed by atoms with Crippen LogP contribution < -0.4 is 0 Å². The van der Waals surface area contributed by atoms with Crippen LogP contribution in [0.25, 0.3) is 0 Å². The Labute approximate surface area is 67.1 Å². The van der Waals surface area contributed by atoms with E-state index in [0.717, 1.165) is 5.57 Å². The van der Waals surface area contributed by atoms with Crippen molar-refractivity contribution >= 4 is 5.78 Å². The number of carbonyl (C=O) groups excluding carboxylic acids is 1. The third-order valence-electron chi connectivity index (χ3n) is 1.92. The molecule has 0 unspecified atom stereocenters. The molecule has 11 heavy (non-hydrogen) atoms. The molecule has 1 aliphatic rings. The van der Waals surface area contributed by atoms with E-state index in [9.17, 15) is 4.79 Å². The van der Waals surface area contributed by atoms with Crippen LogP contribution in [0.5, 0.6) is 0 Å². The van der Waals surface area contributed by atoms with E-state index < -0.39 is 0 Å². The summed E-state index contributed by atoms with van der Waals surface area (Å²) in [6.07, 6.45) is 6.85. The molecule has 0 bridgehead atoms. The number of Topliss-reactive ketones (excluding diaryl/α,β-unsaturated/α-hetero) is 1. The van der Waals surface area contributed by atoms with Crippen LogP contribution in [0.2, 0.25) is 0 Å². The fourth-order valence-electron chi connectivity index (χ4n) is 1.08. The first-order chi connectivity index (χ1) is 5.24. The number of allylic oxidation sites excluding steroid dienone is 4. The fraction of sp³-hybridized carbons (Fsp3) is 0.300. The molecule has 1 heteroatoms. The molecule has 0 aromatic carbocycles. The summed E-state index contributed by atoms with van der Waals surface area (Å²) in [5, 5.41) is 0. The van der Waals surface area contributed by atoms with Crippen LogP contribution in [-0.4, -0.2) is 5.78 Å². The van der Waals surface area contributed by atoms with E-state index in [2.05, 4.69) is 13.2 Å². The second-order valence-electron chi connectivity index (χ2n) is 2.81. The Kier molecular flexibility index (Phi) is 2.42. The number of ketones is 1. The van der Waals surface area contributed by atoms with Gasteiger partial charge >= 0.3 is 0 Å². The minimum absolute atomic E-state index is 0.350. The van der Waals surface area contributed by atoms with Crippen LogP contribution >= 0.6 is 0 Å². The Morgan fingerprint density at radius 2 is 2.18 bits per heavy atom. The highest BCUT2D eigenvalue weighted by Crippen LogP contribution is 2.29. The third-order valence-corrected chi connectivity index (χ3v) is 1.92. The molecule has 0 N–H and O–H groups in total. The molecule has 0 atom stereocenters. The van der Waals surface area contributed by atoms with Gasteiger partial charge in [-0.15, -0.1) is 0 Å². The SMILES string of the molecule is C=C/C=C\C(=C)C1CC(=O)C1. The molecule has 0 radical (unpaired) electrons. The zero-order valence-corrected chi connectivity index (χ0v) is 6.55. The standard InChI is InChI=1S/C10H12O/c1-3-4-5-8(2)9-6-10(11)7-9/h3-5,9H,1-2,6-7H2/b5-4-. The smallest absolute Gasteiger partial charge is 0.134 e. The Hall–Kier alpha value is -1.11. The minimum atomic E-state index is 0.350. The summed E-state index contributed by atoms with van der Waals surface area (Å²) in [4.78, 5) is 10.6. The first-order valence-corrected chi connectivity index (χ1v) is 3.73. The lowest BCUT2D eigenvalue weighted by molar-refractivity contribution is -0.125. The van der Waals surface area contributed by atoms with E-state index in [1.807, 2.05) is 12.2 Å². The maximum Gasteiger partial charge on any atom is 0.134 e. The summed E-state index contributed by atoms with van der Waals surface area (Å²) in [5.41, 5.74) is 1.05. The van der Waals surface area contributed by atoms with E-state index in [4.69, 9.17) is 0 Å². The summed E-state index contributed by atoms with van der Waals surface area (Å²) in [6.45, 7) is 7.42.